The van der Waals surface area contributed by atoms with Crippen LogP contribution in [0.3, 0.4) is 0 Å². The van der Waals surface area contributed by atoms with E-state index in [1.807, 2.05) is 14.0 Å². The number of aromatic nitrogens is 4. The molecule has 0 radical (unpaired) electrons. The van der Waals surface area contributed by atoms with Crippen molar-refractivity contribution in [2.75, 3.05) is 24.9 Å². The summed E-state index contributed by atoms with van der Waals surface area (Å²) in [6.07, 6.45) is 9.54. The van der Waals surface area contributed by atoms with Gasteiger partial charge in [0.1, 0.15) is 5.69 Å². The summed E-state index contributed by atoms with van der Waals surface area (Å²) in [5.41, 5.74) is 1.61. The average Bonchev–Trinajstić information content (AvgIpc) is 3.49. The van der Waals surface area contributed by atoms with Gasteiger partial charge in [-0.25, -0.2) is 18.4 Å². The summed E-state index contributed by atoms with van der Waals surface area (Å²) >= 11 is 1.22. The lowest BCUT2D eigenvalue weighted by Crippen LogP contribution is -2.42. The first-order chi connectivity index (χ1) is 17.8. The predicted octanol–water partition coefficient (Wildman–Crippen LogP) is 2.86. The Morgan fingerprint density at radius 2 is 2.08 bits per heavy atom. The van der Waals surface area contributed by atoms with Crippen LogP contribution in [0.25, 0.3) is 10.6 Å². The Labute approximate surface area is 219 Å². The van der Waals surface area contributed by atoms with Crippen molar-refractivity contribution in [3.63, 3.8) is 0 Å². The van der Waals surface area contributed by atoms with Crippen LogP contribution in [-0.2, 0) is 10.0 Å². The number of rotatable bonds is 10. The normalized spacial score (nSPS) is 18.9. The molecule has 4 heterocycles. The lowest BCUT2D eigenvalue weighted by Gasteiger charge is -2.29. The number of anilines is 1. The highest BCUT2D eigenvalue weighted by Crippen LogP contribution is 2.32. The van der Waals surface area contributed by atoms with Crippen LogP contribution in [0, 0.1) is 0 Å². The van der Waals surface area contributed by atoms with Crippen molar-refractivity contribution in [3.8, 4) is 16.5 Å². The Kier molecular flexibility index (Phi) is 7.36. The number of ether oxygens (including phenoxy) is 1. The molecule has 2 N–H and O–H groups in total. The Hall–Kier alpha value is -3.16. The van der Waals surface area contributed by atoms with Crippen LogP contribution in [0.4, 0.5) is 5.69 Å². The second-order valence-electron chi connectivity index (χ2n) is 9.16. The van der Waals surface area contributed by atoms with Gasteiger partial charge in [0, 0.05) is 18.4 Å². The molecule has 0 aromatic carbocycles. The number of likely N-dealkylation sites (tertiary alicyclic amines) is 1. The topological polar surface area (TPSA) is 139 Å². The van der Waals surface area contributed by atoms with Gasteiger partial charge in [-0.1, -0.05) is 0 Å². The molecule has 0 spiro atoms. The molecule has 37 heavy (non-hydrogen) atoms. The number of amides is 1. The van der Waals surface area contributed by atoms with Crippen molar-refractivity contribution in [1.29, 1.82) is 0 Å². The largest absolute Gasteiger partial charge is 0.477 e. The van der Waals surface area contributed by atoms with Crippen LogP contribution in [0.15, 0.2) is 36.9 Å². The maximum atomic E-state index is 13.3. The Balaban J connectivity index is 1.38. The maximum Gasteiger partial charge on any atom is 0.280 e. The first-order valence-corrected chi connectivity index (χ1v) is 14.6. The smallest absolute Gasteiger partial charge is 0.280 e. The predicted molar refractivity (Wildman–Crippen MR) is 140 cm³/mol. The van der Waals surface area contributed by atoms with Crippen LogP contribution >= 0.6 is 11.3 Å². The minimum atomic E-state index is -3.41. The third-order valence-electron chi connectivity index (χ3n) is 6.43. The van der Waals surface area contributed by atoms with Gasteiger partial charge in [0.15, 0.2) is 5.01 Å². The van der Waals surface area contributed by atoms with E-state index in [0.717, 1.165) is 19.4 Å². The molecule has 5 rings (SSSR count). The Morgan fingerprint density at radius 3 is 2.81 bits per heavy atom. The monoisotopic (exact) mass is 543 g/mol. The summed E-state index contributed by atoms with van der Waals surface area (Å²) in [7, 11) is -1.40. The highest BCUT2D eigenvalue weighted by Gasteiger charge is 2.36. The zero-order valence-corrected chi connectivity index (χ0v) is 22.3. The van der Waals surface area contributed by atoms with Gasteiger partial charge in [-0.3, -0.25) is 19.5 Å². The van der Waals surface area contributed by atoms with Crippen molar-refractivity contribution in [2.45, 2.75) is 49.9 Å². The summed E-state index contributed by atoms with van der Waals surface area (Å²) in [5.74, 6) is 0.0771. The zero-order valence-electron chi connectivity index (χ0n) is 20.6. The van der Waals surface area contributed by atoms with Crippen molar-refractivity contribution in [3.05, 3.63) is 47.6 Å². The van der Waals surface area contributed by atoms with Crippen LogP contribution in [0.1, 0.15) is 54.1 Å². The molecule has 2 fully saturated rings. The number of sulfonamides is 1. The number of nitrogens with one attached hydrogen (secondary N) is 2. The van der Waals surface area contributed by atoms with Crippen LogP contribution in [0.2, 0.25) is 0 Å². The van der Waals surface area contributed by atoms with Gasteiger partial charge in [0.25, 0.3) is 5.91 Å². The number of hydrogen-bond donors (Lipinski definition) is 2. The number of nitrogens with zero attached hydrogens (tertiary/aromatic N) is 5. The van der Waals surface area contributed by atoms with E-state index in [4.69, 9.17) is 4.74 Å². The highest BCUT2D eigenvalue weighted by atomic mass is 32.2. The second kappa shape index (κ2) is 10.7. The lowest BCUT2D eigenvalue weighted by atomic mass is 10.0. The number of thiazole rings is 1. The van der Waals surface area contributed by atoms with Crippen LogP contribution < -0.4 is 14.8 Å². The average molecular weight is 544 g/mol. The van der Waals surface area contributed by atoms with E-state index < -0.39 is 16.1 Å². The summed E-state index contributed by atoms with van der Waals surface area (Å²) in [5, 5.41) is 3.06. The van der Waals surface area contributed by atoms with E-state index >= 15 is 0 Å². The molecule has 1 aliphatic heterocycles. The van der Waals surface area contributed by atoms with E-state index in [9.17, 15) is 13.2 Å². The standard InChI is InChI=1S/C24H29N7O4S2/c1-3-35-21-14-25-12-18(28-21)20-13-27-24(36-20)23(32)29-22(19-5-4-10-31(19)2)17-11-15(8-9-26-17)30-37(33,34)16-6-7-16/h8-9,11-14,16,19,22H,3-7,10H2,1-2H3,(H,26,30)(H,29,32)/t19?,22-/m0/s1. The molecule has 1 saturated heterocycles. The second-order valence-corrected chi connectivity index (χ2v) is 12.2. The van der Waals surface area contributed by atoms with Gasteiger partial charge in [0.2, 0.25) is 15.9 Å². The number of carbonyl (C=O) groups excluding carboxylic acids is 1. The van der Waals surface area contributed by atoms with Crippen LogP contribution in [-0.4, -0.2) is 70.7 Å². The molecule has 2 atom stereocenters. The zero-order chi connectivity index (χ0) is 26.0. The van der Waals surface area contributed by atoms with Gasteiger partial charge < -0.3 is 15.0 Å². The molecule has 1 saturated carbocycles. The van der Waals surface area contributed by atoms with Crippen LogP contribution in [0.5, 0.6) is 5.88 Å². The molecule has 3 aromatic rings. The number of carbonyl (C=O) groups is 1. The van der Waals surface area contributed by atoms with Crippen molar-refractivity contribution in [2.24, 2.45) is 0 Å². The third kappa shape index (κ3) is 5.89. The minimum Gasteiger partial charge on any atom is -0.477 e. The molecule has 196 valence electrons. The lowest BCUT2D eigenvalue weighted by molar-refractivity contribution is 0.0910. The minimum absolute atomic E-state index is 0.0138. The van der Waals surface area contributed by atoms with E-state index in [2.05, 4.69) is 34.9 Å². The first kappa shape index (κ1) is 25.5. The van der Waals surface area contributed by atoms with E-state index in [1.165, 1.54) is 17.5 Å². The summed E-state index contributed by atoms with van der Waals surface area (Å²) in [4.78, 5) is 33.6. The summed E-state index contributed by atoms with van der Waals surface area (Å²) in [6.45, 7) is 3.25. The highest BCUT2D eigenvalue weighted by molar-refractivity contribution is 7.93. The first-order valence-electron chi connectivity index (χ1n) is 12.2. The molecule has 0 bridgehead atoms. The van der Waals surface area contributed by atoms with Crippen molar-refractivity contribution in [1.82, 2.24) is 30.2 Å². The van der Waals surface area contributed by atoms with Gasteiger partial charge in [-0.2, -0.15) is 0 Å². The summed E-state index contributed by atoms with van der Waals surface area (Å²) < 4.78 is 33.0. The molecule has 2 aliphatic rings. The van der Waals surface area contributed by atoms with Gasteiger partial charge in [-0.05, 0) is 58.3 Å². The molecule has 1 amide bonds. The molecular weight excluding hydrogens is 514 g/mol. The SMILES string of the molecule is CCOc1cncc(-c2cnc(C(=O)N[C@@H](c3cc(NS(=O)(=O)C4CC4)ccn3)C3CCCN3C)s2)n1. The van der Waals surface area contributed by atoms with Gasteiger partial charge in [0.05, 0.1) is 46.6 Å². The third-order valence-corrected chi connectivity index (χ3v) is 9.32. The quantitative estimate of drug-likeness (QED) is 0.395. The molecular formula is C24H29N7O4S2. The van der Waals surface area contributed by atoms with Gasteiger partial charge >= 0.3 is 0 Å². The maximum absolute atomic E-state index is 13.3. The van der Waals surface area contributed by atoms with Crippen molar-refractivity contribution < 1.29 is 17.9 Å². The fraction of sp³-hybridized carbons (Fsp3) is 0.458. The van der Waals surface area contributed by atoms with Crippen molar-refractivity contribution >= 4 is 33.0 Å². The molecule has 13 heteroatoms. The van der Waals surface area contributed by atoms with E-state index in [-0.39, 0.29) is 22.2 Å². The fourth-order valence-corrected chi connectivity index (χ4v) is 6.57. The summed E-state index contributed by atoms with van der Waals surface area (Å²) in [6, 6.07) is 2.91. The number of hydrogen-bond acceptors (Lipinski definition) is 10. The van der Waals surface area contributed by atoms with E-state index in [1.54, 1.807) is 30.7 Å². The number of pyridine rings is 1. The Morgan fingerprint density at radius 1 is 1.24 bits per heavy atom. The molecule has 1 aliphatic carbocycles. The Bertz CT molecular complexity index is 1380. The molecule has 11 nitrogen and oxygen atoms in total. The molecule has 1 unspecified atom stereocenters. The fourth-order valence-electron chi connectivity index (χ4n) is 4.42. The van der Waals surface area contributed by atoms with Gasteiger partial charge in [-0.15, -0.1) is 11.3 Å². The molecule has 3 aromatic heterocycles. The van der Waals surface area contributed by atoms with E-state index in [0.29, 0.717) is 47.3 Å². The number of likely N-dealkylation sites (N-methyl/N-ethyl adjacent to an activating group) is 1.